The summed E-state index contributed by atoms with van der Waals surface area (Å²) in [5.41, 5.74) is 4.85. The van der Waals surface area contributed by atoms with Crippen molar-refractivity contribution in [3.05, 3.63) is 76.7 Å². The summed E-state index contributed by atoms with van der Waals surface area (Å²) in [5.74, 6) is -5.38. The fourth-order valence-corrected chi connectivity index (χ4v) is 4.45. The summed E-state index contributed by atoms with van der Waals surface area (Å²) < 4.78 is 75.4. The number of benzene rings is 1. The summed E-state index contributed by atoms with van der Waals surface area (Å²) in [5, 5.41) is 2.16. The van der Waals surface area contributed by atoms with Crippen molar-refractivity contribution in [2.45, 2.75) is 23.5 Å². The molecule has 0 aliphatic rings. The Morgan fingerprint density at radius 2 is 1.75 bits per heavy atom. The van der Waals surface area contributed by atoms with E-state index in [1.54, 1.807) is 6.07 Å². The average Bonchev–Trinajstić information content (AvgIpc) is 2.91. The number of hydrogen-bond donors (Lipinski definition) is 3. The van der Waals surface area contributed by atoms with Crippen LogP contribution < -0.4 is 26.1 Å². The molecule has 16 heteroatoms. The van der Waals surface area contributed by atoms with Gasteiger partial charge in [-0.3, -0.25) is 14.0 Å². The summed E-state index contributed by atoms with van der Waals surface area (Å²) >= 11 is 0. The second-order valence-corrected chi connectivity index (χ2v) is 9.85. The van der Waals surface area contributed by atoms with Gasteiger partial charge in [0.25, 0.3) is 11.5 Å². The molecule has 1 amide bonds. The summed E-state index contributed by atoms with van der Waals surface area (Å²) in [6, 6.07) is 9.62. The Morgan fingerprint density at radius 1 is 1.05 bits per heavy atom. The predicted molar refractivity (Wildman–Crippen MR) is 133 cm³/mol. The van der Waals surface area contributed by atoms with Crippen LogP contribution in [0.3, 0.4) is 0 Å². The number of nitrogens with one attached hydrogen (secondary N) is 2. The molecule has 0 saturated carbocycles. The standard InChI is InChI=1S/C24H23F3N4O8S/c25-24(26,27)23(35)39-22(34)19(30-40(36,37)18-5-2-1-3-6-18)13-29-21(33)15-11-16-7-8-17(38-10-4-9-28)14-31(16)20(32)12-15/h1-3,5-8,11-12,14,19,30H,4,9-10,13,28H2,(H,29,33)/t19-/m0/s1. The first kappa shape index (κ1) is 30.3. The van der Waals surface area contributed by atoms with E-state index in [0.717, 1.165) is 18.2 Å². The minimum absolute atomic E-state index is 0.203. The molecule has 1 aromatic carbocycles. The van der Waals surface area contributed by atoms with Gasteiger partial charge in [0.05, 0.1) is 17.7 Å². The molecule has 2 heterocycles. The molecule has 1 atom stereocenters. The van der Waals surface area contributed by atoms with Crippen LogP contribution in [-0.2, 0) is 24.3 Å². The van der Waals surface area contributed by atoms with Crippen molar-refractivity contribution in [2.75, 3.05) is 19.7 Å². The van der Waals surface area contributed by atoms with Crippen LogP contribution in [0.15, 0.2) is 70.5 Å². The maximum Gasteiger partial charge on any atom is 0.491 e. The van der Waals surface area contributed by atoms with E-state index >= 15 is 0 Å². The number of halogens is 3. The second-order valence-electron chi connectivity index (χ2n) is 8.14. The number of carbonyl (C=O) groups excluding carboxylic acids is 3. The van der Waals surface area contributed by atoms with Gasteiger partial charge in [0.15, 0.2) is 0 Å². The fourth-order valence-electron chi connectivity index (χ4n) is 3.24. The summed E-state index contributed by atoms with van der Waals surface area (Å²) in [6.07, 6.45) is -3.55. The quantitative estimate of drug-likeness (QED) is 0.167. The molecule has 0 radical (unpaired) electrons. The minimum Gasteiger partial charge on any atom is -0.492 e. The number of aromatic nitrogens is 1. The van der Waals surface area contributed by atoms with Crippen LogP contribution in [0, 0.1) is 0 Å². The molecule has 3 aromatic rings. The first-order chi connectivity index (χ1) is 18.8. The number of nitrogens with two attached hydrogens (primary N) is 1. The fraction of sp³-hybridized carbons (Fsp3) is 0.250. The molecule has 3 rings (SSSR count). The lowest BCUT2D eigenvalue weighted by Crippen LogP contribution is -2.50. The number of amides is 1. The summed E-state index contributed by atoms with van der Waals surface area (Å²) in [4.78, 5) is 48.5. The van der Waals surface area contributed by atoms with E-state index in [1.165, 1.54) is 40.9 Å². The van der Waals surface area contributed by atoms with Crippen LogP contribution in [0.5, 0.6) is 5.75 Å². The van der Waals surface area contributed by atoms with Gasteiger partial charge in [-0.2, -0.15) is 17.9 Å². The summed E-state index contributed by atoms with van der Waals surface area (Å²) in [6.45, 7) is -0.192. The molecule has 0 spiro atoms. The number of fused-ring (bicyclic) bond motifs is 1. The number of nitrogens with zero attached hydrogens (tertiary/aromatic N) is 1. The third-order valence-corrected chi connectivity index (χ3v) is 6.67. The van der Waals surface area contributed by atoms with E-state index in [4.69, 9.17) is 10.5 Å². The number of carbonyl (C=O) groups is 3. The SMILES string of the molecule is NCCCOc1ccc2cc(C(=O)NC[C@H](NS(=O)(=O)c3ccccc3)C(=O)OC(=O)C(F)(F)F)cc(=O)n2c1. The third-order valence-electron chi connectivity index (χ3n) is 5.18. The Hall–Kier alpha value is -4.28. The van der Waals surface area contributed by atoms with Crippen molar-refractivity contribution >= 4 is 33.4 Å². The molecular weight excluding hydrogens is 561 g/mol. The number of ether oxygens (including phenoxy) is 2. The highest BCUT2D eigenvalue weighted by Crippen LogP contribution is 2.17. The average molecular weight is 585 g/mol. The van der Waals surface area contributed by atoms with Crippen LogP contribution in [0.4, 0.5) is 13.2 Å². The van der Waals surface area contributed by atoms with Crippen LogP contribution in [0.25, 0.3) is 5.52 Å². The van der Waals surface area contributed by atoms with Crippen molar-refractivity contribution < 1.29 is 45.4 Å². The van der Waals surface area contributed by atoms with Gasteiger partial charge < -0.3 is 20.5 Å². The Morgan fingerprint density at radius 3 is 2.40 bits per heavy atom. The lowest BCUT2D eigenvalue weighted by atomic mass is 10.2. The molecule has 214 valence electrons. The highest BCUT2D eigenvalue weighted by molar-refractivity contribution is 7.89. The van der Waals surface area contributed by atoms with Crippen molar-refractivity contribution in [2.24, 2.45) is 5.73 Å². The van der Waals surface area contributed by atoms with Crippen molar-refractivity contribution in [1.82, 2.24) is 14.4 Å². The van der Waals surface area contributed by atoms with Crippen LogP contribution >= 0.6 is 0 Å². The number of sulfonamides is 1. The third kappa shape index (κ3) is 7.87. The predicted octanol–water partition coefficient (Wildman–Crippen LogP) is 0.736. The van der Waals surface area contributed by atoms with Gasteiger partial charge in [-0.15, -0.1) is 0 Å². The zero-order chi connectivity index (χ0) is 29.5. The van der Waals surface area contributed by atoms with E-state index < -0.39 is 52.2 Å². The van der Waals surface area contributed by atoms with Crippen molar-refractivity contribution in [1.29, 1.82) is 0 Å². The topological polar surface area (TPSA) is 175 Å². The molecule has 0 fully saturated rings. The number of alkyl halides is 3. The lowest BCUT2D eigenvalue weighted by Gasteiger charge is -2.18. The molecule has 0 unspecified atom stereocenters. The molecule has 12 nitrogen and oxygen atoms in total. The maximum absolute atomic E-state index is 12.8. The Balaban J connectivity index is 1.81. The molecule has 0 saturated heterocycles. The highest BCUT2D eigenvalue weighted by atomic mass is 32.2. The number of hydrogen-bond acceptors (Lipinski definition) is 9. The zero-order valence-electron chi connectivity index (χ0n) is 20.5. The maximum atomic E-state index is 12.8. The van der Waals surface area contributed by atoms with Gasteiger partial charge in [0.1, 0.15) is 11.8 Å². The van der Waals surface area contributed by atoms with Crippen LogP contribution in [0.2, 0.25) is 0 Å². The lowest BCUT2D eigenvalue weighted by molar-refractivity contribution is -0.202. The number of pyridine rings is 2. The van der Waals surface area contributed by atoms with Crippen molar-refractivity contribution in [3.63, 3.8) is 0 Å². The number of esters is 2. The van der Waals surface area contributed by atoms with E-state index in [2.05, 4.69) is 10.1 Å². The molecule has 40 heavy (non-hydrogen) atoms. The van der Waals surface area contributed by atoms with Crippen LogP contribution in [0.1, 0.15) is 16.8 Å². The second kappa shape index (κ2) is 12.7. The van der Waals surface area contributed by atoms with Gasteiger partial charge in [0, 0.05) is 23.7 Å². The molecule has 4 N–H and O–H groups in total. The van der Waals surface area contributed by atoms with Crippen LogP contribution in [-0.4, -0.2) is 62.6 Å². The van der Waals surface area contributed by atoms with E-state index in [9.17, 15) is 40.8 Å². The first-order valence-electron chi connectivity index (χ1n) is 11.5. The highest BCUT2D eigenvalue weighted by Gasteiger charge is 2.44. The molecule has 2 aromatic heterocycles. The smallest absolute Gasteiger partial charge is 0.491 e. The van der Waals surface area contributed by atoms with E-state index in [-0.39, 0.29) is 16.0 Å². The Labute approximate surface area is 224 Å². The van der Waals surface area contributed by atoms with Crippen molar-refractivity contribution in [3.8, 4) is 5.75 Å². The normalized spacial score (nSPS) is 12.5. The van der Waals surface area contributed by atoms with Gasteiger partial charge in [-0.1, -0.05) is 18.2 Å². The molecule has 0 bridgehead atoms. The number of rotatable bonds is 11. The Kier molecular flexibility index (Phi) is 9.62. The largest absolute Gasteiger partial charge is 0.492 e. The van der Waals surface area contributed by atoms with E-state index in [0.29, 0.717) is 25.3 Å². The zero-order valence-corrected chi connectivity index (χ0v) is 21.3. The molecular formula is C24H23F3N4O8S. The summed E-state index contributed by atoms with van der Waals surface area (Å²) in [7, 11) is -4.50. The van der Waals surface area contributed by atoms with Gasteiger partial charge in [-0.25, -0.2) is 18.0 Å². The monoisotopic (exact) mass is 584 g/mol. The van der Waals surface area contributed by atoms with Gasteiger partial charge in [-0.05, 0) is 43.3 Å². The van der Waals surface area contributed by atoms with E-state index in [1.807, 2.05) is 4.72 Å². The molecule has 0 aliphatic heterocycles. The van der Waals surface area contributed by atoms with Gasteiger partial charge >= 0.3 is 18.1 Å². The minimum atomic E-state index is -5.54. The first-order valence-corrected chi connectivity index (χ1v) is 13.0. The Bertz CT molecular complexity index is 1560. The van der Waals surface area contributed by atoms with Gasteiger partial charge in [0.2, 0.25) is 10.0 Å². The molecule has 0 aliphatic carbocycles.